The molecule has 0 fully saturated rings. The third kappa shape index (κ3) is 3.98. The molecular formula is C13H7Br2F3N2O2. The number of nitrogens with zero attached hydrogens (tertiary/aromatic N) is 1. The maximum atomic E-state index is 12.6. The van der Waals surface area contributed by atoms with Crippen LogP contribution in [0.2, 0.25) is 0 Å². The van der Waals surface area contributed by atoms with Crippen molar-refractivity contribution in [2.24, 2.45) is 0 Å². The molecule has 0 radical (unpaired) electrons. The van der Waals surface area contributed by atoms with E-state index >= 15 is 0 Å². The Labute approximate surface area is 139 Å². The van der Waals surface area contributed by atoms with Gasteiger partial charge in [-0.1, -0.05) is 15.9 Å². The smallest absolute Gasteiger partial charge is 0.431 e. The van der Waals surface area contributed by atoms with Crippen molar-refractivity contribution in [3.05, 3.63) is 54.6 Å². The minimum Gasteiger partial charge on any atom is -0.506 e. The van der Waals surface area contributed by atoms with Gasteiger partial charge in [0.05, 0.1) is 10.2 Å². The molecular weight excluding hydrogens is 433 g/mol. The van der Waals surface area contributed by atoms with Crippen LogP contribution in [-0.2, 0) is 6.18 Å². The van der Waals surface area contributed by atoms with Crippen LogP contribution in [0.3, 0.4) is 0 Å². The Bertz CT molecular complexity index is 801. The van der Waals surface area contributed by atoms with Gasteiger partial charge in [-0.3, -0.25) is 0 Å². The molecule has 1 heterocycles. The summed E-state index contributed by atoms with van der Waals surface area (Å²) in [5.41, 5.74) is -2.12. The number of alkyl halides is 3. The number of halogens is 5. The van der Waals surface area contributed by atoms with E-state index in [1.165, 1.54) is 12.2 Å². The number of aromatic amines is 1. The van der Waals surface area contributed by atoms with E-state index in [1.807, 2.05) is 0 Å². The van der Waals surface area contributed by atoms with E-state index in [0.717, 1.165) is 0 Å². The van der Waals surface area contributed by atoms with E-state index in [-0.39, 0.29) is 11.4 Å². The van der Waals surface area contributed by atoms with E-state index < -0.39 is 17.6 Å². The molecule has 0 aliphatic rings. The fraction of sp³-hybridized carbons (Fsp3) is 0.0769. The van der Waals surface area contributed by atoms with Crippen LogP contribution in [0.5, 0.6) is 5.75 Å². The molecule has 1 aromatic carbocycles. The van der Waals surface area contributed by atoms with Crippen LogP contribution < -0.4 is 5.69 Å². The first kappa shape index (κ1) is 16.8. The highest BCUT2D eigenvalue weighted by molar-refractivity contribution is 9.11. The predicted molar refractivity (Wildman–Crippen MR) is 82.3 cm³/mol. The fourth-order valence-electron chi connectivity index (χ4n) is 1.60. The average Bonchev–Trinajstić information content (AvgIpc) is 2.39. The summed E-state index contributed by atoms with van der Waals surface area (Å²) in [7, 11) is 0. The van der Waals surface area contributed by atoms with Crippen molar-refractivity contribution in [3.63, 3.8) is 0 Å². The van der Waals surface area contributed by atoms with Gasteiger partial charge in [0.15, 0.2) is 0 Å². The number of rotatable bonds is 2. The molecule has 116 valence electrons. The van der Waals surface area contributed by atoms with Crippen molar-refractivity contribution in [1.82, 2.24) is 9.97 Å². The molecule has 0 atom stereocenters. The standard InChI is InChI=1S/C13H7Br2F3N2O2/c14-7-3-6(11(21)9(15)4-7)1-2-8-5-10(13(16,17)18)20-12(22)19-8/h1-5,21H,(H,19,20,22)/b2-1+. The maximum absolute atomic E-state index is 12.6. The highest BCUT2D eigenvalue weighted by Crippen LogP contribution is 2.33. The monoisotopic (exact) mass is 438 g/mol. The fourth-order valence-corrected chi connectivity index (χ4v) is 2.86. The number of nitrogens with one attached hydrogen (secondary N) is 1. The molecule has 22 heavy (non-hydrogen) atoms. The molecule has 0 spiro atoms. The van der Waals surface area contributed by atoms with Crippen molar-refractivity contribution in [3.8, 4) is 5.75 Å². The minimum absolute atomic E-state index is 0.0830. The summed E-state index contributed by atoms with van der Waals surface area (Å²) >= 11 is 6.37. The number of hydrogen-bond acceptors (Lipinski definition) is 3. The van der Waals surface area contributed by atoms with Gasteiger partial charge in [0.1, 0.15) is 11.4 Å². The molecule has 2 N–H and O–H groups in total. The van der Waals surface area contributed by atoms with Gasteiger partial charge in [-0.2, -0.15) is 18.2 Å². The number of aromatic nitrogens is 2. The number of phenolic OH excluding ortho intramolecular Hbond substituents is 1. The second-order valence-corrected chi connectivity index (χ2v) is 5.95. The van der Waals surface area contributed by atoms with Crippen molar-refractivity contribution < 1.29 is 18.3 Å². The van der Waals surface area contributed by atoms with Gasteiger partial charge in [0, 0.05) is 10.0 Å². The van der Waals surface area contributed by atoms with Gasteiger partial charge in [-0.15, -0.1) is 0 Å². The topological polar surface area (TPSA) is 66.0 Å². The summed E-state index contributed by atoms with van der Waals surface area (Å²) in [5.74, 6) is -0.0830. The zero-order valence-corrected chi connectivity index (χ0v) is 13.8. The zero-order chi connectivity index (χ0) is 16.5. The van der Waals surface area contributed by atoms with Crippen molar-refractivity contribution in [2.75, 3.05) is 0 Å². The largest absolute Gasteiger partial charge is 0.506 e. The summed E-state index contributed by atoms with van der Waals surface area (Å²) in [6.45, 7) is 0. The Morgan fingerprint density at radius 3 is 2.50 bits per heavy atom. The quantitative estimate of drug-likeness (QED) is 0.737. The normalized spacial score (nSPS) is 12.0. The molecule has 0 saturated carbocycles. The third-order valence-electron chi connectivity index (χ3n) is 2.56. The number of H-pyrrole nitrogens is 1. The maximum Gasteiger partial charge on any atom is 0.431 e. The molecule has 2 aromatic rings. The Balaban J connectivity index is 2.43. The van der Waals surface area contributed by atoms with Crippen molar-refractivity contribution >= 4 is 44.0 Å². The molecule has 0 aliphatic heterocycles. The van der Waals surface area contributed by atoms with Gasteiger partial charge in [-0.25, -0.2) is 4.79 Å². The SMILES string of the molecule is O=c1nc(/C=C/c2cc(Br)cc(Br)c2O)cc(C(F)(F)F)[nH]1. The van der Waals surface area contributed by atoms with E-state index in [0.29, 0.717) is 20.6 Å². The summed E-state index contributed by atoms with van der Waals surface area (Å²) in [6.07, 6.45) is -2.11. The molecule has 0 bridgehead atoms. The Hall–Kier alpha value is -1.61. The van der Waals surface area contributed by atoms with E-state index in [1.54, 1.807) is 17.1 Å². The number of phenols is 1. The molecule has 1 aromatic heterocycles. The molecule has 0 unspecified atom stereocenters. The number of aromatic hydroxyl groups is 1. The zero-order valence-electron chi connectivity index (χ0n) is 10.6. The minimum atomic E-state index is -4.67. The highest BCUT2D eigenvalue weighted by Gasteiger charge is 2.32. The predicted octanol–water partition coefficient (Wildman–Crippen LogP) is 4.19. The lowest BCUT2D eigenvalue weighted by Crippen LogP contribution is -2.19. The molecule has 9 heteroatoms. The first-order chi connectivity index (χ1) is 10.2. The van der Waals surface area contributed by atoms with Crippen LogP contribution in [0.4, 0.5) is 13.2 Å². The van der Waals surface area contributed by atoms with E-state index in [4.69, 9.17) is 0 Å². The first-order valence-corrected chi connectivity index (χ1v) is 7.30. The van der Waals surface area contributed by atoms with Crippen LogP contribution >= 0.6 is 31.9 Å². The molecule has 2 rings (SSSR count). The number of hydrogen-bond donors (Lipinski definition) is 2. The Morgan fingerprint density at radius 1 is 1.18 bits per heavy atom. The van der Waals surface area contributed by atoms with Gasteiger partial charge in [0.25, 0.3) is 0 Å². The molecule has 4 nitrogen and oxygen atoms in total. The lowest BCUT2D eigenvalue weighted by molar-refractivity contribution is -0.141. The van der Waals surface area contributed by atoms with Gasteiger partial charge in [0.2, 0.25) is 0 Å². The van der Waals surface area contributed by atoms with Crippen LogP contribution in [0, 0.1) is 0 Å². The highest BCUT2D eigenvalue weighted by atomic mass is 79.9. The van der Waals surface area contributed by atoms with Crippen LogP contribution in [0.25, 0.3) is 12.2 Å². The Morgan fingerprint density at radius 2 is 1.86 bits per heavy atom. The molecule has 0 saturated heterocycles. The van der Waals surface area contributed by atoms with Crippen LogP contribution in [0.1, 0.15) is 17.0 Å². The van der Waals surface area contributed by atoms with Gasteiger partial charge >= 0.3 is 11.9 Å². The molecule has 0 aliphatic carbocycles. The summed E-state index contributed by atoms with van der Waals surface area (Å²) in [4.78, 5) is 16.2. The van der Waals surface area contributed by atoms with Crippen LogP contribution in [0.15, 0.2) is 31.9 Å². The van der Waals surface area contributed by atoms with Gasteiger partial charge < -0.3 is 10.1 Å². The van der Waals surface area contributed by atoms with Crippen molar-refractivity contribution in [1.29, 1.82) is 0 Å². The third-order valence-corrected chi connectivity index (χ3v) is 3.62. The van der Waals surface area contributed by atoms with Crippen molar-refractivity contribution in [2.45, 2.75) is 6.18 Å². The molecule has 0 amide bonds. The summed E-state index contributed by atoms with van der Waals surface area (Å²) in [6, 6.07) is 3.89. The van der Waals surface area contributed by atoms with E-state index in [2.05, 4.69) is 36.8 Å². The number of benzene rings is 1. The Kier molecular flexibility index (Phi) is 4.76. The lowest BCUT2D eigenvalue weighted by Gasteiger charge is -2.06. The summed E-state index contributed by atoms with van der Waals surface area (Å²) < 4.78 is 38.9. The average molecular weight is 440 g/mol. The first-order valence-electron chi connectivity index (χ1n) is 5.71. The van der Waals surface area contributed by atoms with E-state index in [9.17, 15) is 23.1 Å². The lowest BCUT2D eigenvalue weighted by atomic mass is 10.1. The van der Waals surface area contributed by atoms with Gasteiger partial charge in [-0.05, 0) is 46.3 Å². The second-order valence-electron chi connectivity index (χ2n) is 4.18. The summed E-state index contributed by atoms with van der Waals surface area (Å²) in [5, 5.41) is 9.85. The second kappa shape index (κ2) is 6.25. The van der Waals surface area contributed by atoms with Crippen LogP contribution in [-0.4, -0.2) is 15.1 Å².